The minimum absolute atomic E-state index is 0.355. The number of likely N-dealkylation sites (N-methyl/N-ethyl adjacent to an activating group) is 1. The van der Waals surface area contributed by atoms with E-state index in [1.807, 2.05) is 0 Å². The molecule has 1 fully saturated rings. The van der Waals surface area contributed by atoms with Gasteiger partial charge in [0.15, 0.2) is 0 Å². The minimum atomic E-state index is 0.355. The Balaban J connectivity index is 2.24. The van der Waals surface area contributed by atoms with E-state index in [1.54, 1.807) is 0 Å². The maximum Gasteiger partial charge on any atom is 0.0170 e. The summed E-state index contributed by atoms with van der Waals surface area (Å²) in [4.78, 5) is 4.94. The molecule has 0 aliphatic carbocycles. The van der Waals surface area contributed by atoms with E-state index in [0.29, 0.717) is 6.04 Å². The van der Waals surface area contributed by atoms with Gasteiger partial charge in [-0.15, -0.1) is 0 Å². The fourth-order valence-corrected chi connectivity index (χ4v) is 2.29. The second-order valence-electron chi connectivity index (χ2n) is 5.35. The first-order chi connectivity index (χ1) is 7.08. The van der Waals surface area contributed by atoms with E-state index >= 15 is 0 Å². The van der Waals surface area contributed by atoms with Crippen LogP contribution >= 0.6 is 0 Å². The number of nitrogens with zero attached hydrogens (tertiary/aromatic N) is 2. The highest BCUT2D eigenvalue weighted by atomic mass is 15.2. The van der Waals surface area contributed by atoms with Crippen LogP contribution in [0.2, 0.25) is 0 Å². The molecule has 1 saturated heterocycles. The van der Waals surface area contributed by atoms with Crippen molar-refractivity contribution in [1.82, 2.24) is 9.80 Å². The number of hydrogen-bond acceptors (Lipinski definition) is 3. The first-order valence-corrected chi connectivity index (χ1v) is 6.24. The van der Waals surface area contributed by atoms with E-state index in [4.69, 9.17) is 5.73 Å². The second-order valence-corrected chi connectivity index (χ2v) is 5.35. The van der Waals surface area contributed by atoms with Crippen molar-refractivity contribution in [2.45, 2.75) is 32.7 Å². The predicted octanol–water partition coefficient (Wildman–Crippen LogP) is 0.997. The lowest BCUT2D eigenvalue weighted by Gasteiger charge is -2.24. The molecule has 0 saturated carbocycles. The molecule has 3 heteroatoms. The van der Waals surface area contributed by atoms with Crippen molar-refractivity contribution >= 4 is 0 Å². The van der Waals surface area contributed by atoms with Crippen LogP contribution in [0, 0.1) is 5.92 Å². The van der Waals surface area contributed by atoms with Crippen molar-refractivity contribution in [1.29, 1.82) is 0 Å². The summed E-state index contributed by atoms with van der Waals surface area (Å²) < 4.78 is 0. The summed E-state index contributed by atoms with van der Waals surface area (Å²) in [5, 5.41) is 0. The average Bonchev–Trinajstić information content (AvgIpc) is 2.29. The zero-order valence-electron chi connectivity index (χ0n) is 10.6. The third kappa shape index (κ3) is 5.50. The molecule has 1 aliphatic rings. The topological polar surface area (TPSA) is 32.5 Å². The van der Waals surface area contributed by atoms with E-state index in [2.05, 4.69) is 30.7 Å². The average molecular weight is 213 g/mol. The fourth-order valence-electron chi connectivity index (χ4n) is 2.29. The summed E-state index contributed by atoms with van der Waals surface area (Å²) in [6.07, 6.45) is 2.43. The van der Waals surface area contributed by atoms with Crippen molar-refractivity contribution in [2.24, 2.45) is 11.7 Å². The van der Waals surface area contributed by atoms with Crippen LogP contribution in [0.25, 0.3) is 0 Å². The van der Waals surface area contributed by atoms with Crippen LogP contribution in [-0.4, -0.2) is 55.6 Å². The molecule has 0 amide bonds. The quantitative estimate of drug-likeness (QED) is 0.756. The van der Waals surface area contributed by atoms with Crippen molar-refractivity contribution < 1.29 is 0 Å². The van der Waals surface area contributed by atoms with Gasteiger partial charge in [-0.2, -0.15) is 0 Å². The molecular weight excluding hydrogens is 186 g/mol. The molecule has 1 atom stereocenters. The number of nitrogens with two attached hydrogens (primary N) is 1. The Hall–Kier alpha value is -0.120. The molecule has 1 aliphatic heterocycles. The van der Waals surface area contributed by atoms with Crippen LogP contribution in [-0.2, 0) is 0 Å². The van der Waals surface area contributed by atoms with Gasteiger partial charge < -0.3 is 15.5 Å². The molecule has 0 aromatic rings. The summed E-state index contributed by atoms with van der Waals surface area (Å²) in [5.41, 5.74) is 6.14. The zero-order valence-corrected chi connectivity index (χ0v) is 10.6. The van der Waals surface area contributed by atoms with Crippen LogP contribution in [0.5, 0.6) is 0 Å². The first-order valence-electron chi connectivity index (χ1n) is 6.24. The van der Waals surface area contributed by atoms with Crippen LogP contribution in [0.1, 0.15) is 26.7 Å². The number of hydrogen-bond donors (Lipinski definition) is 1. The Kier molecular flexibility index (Phi) is 5.58. The monoisotopic (exact) mass is 213 g/mol. The first kappa shape index (κ1) is 12.9. The second kappa shape index (κ2) is 6.46. The van der Waals surface area contributed by atoms with Gasteiger partial charge in [-0.25, -0.2) is 0 Å². The molecule has 90 valence electrons. The lowest BCUT2D eigenvalue weighted by Crippen LogP contribution is -2.40. The molecule has 0 bridgehead atoms. The van der Waals surface area contributed by atoms with Crippen LogP contribution < -0.4 is 5.73 Å². The van der Waals surface area contributed by atoms with Gasteiger partial charge in [0, 0.05) is 25.7 Å². The zero-order chi connectivity index (χ0) is 11.3. The molecule has 15 heavy (non-hydrogen) atoms. The summed E-state index contributed by atoms with van der Waals surface area (Å²) in [5.74, 6) is 0.717. The summed E-state index contributed by atoms with van der Waals surface area (Å²) in [6.45, 7) is 10.4. The molecule has 0 unspecified atom stereocenters. The van der Waals surface area contributed by atoms with Gasteiger partial charge in [0.2, 0.25) is 0 Å². The molecule has 1 rings (SSSR count). The van der Waals surface area contributed by atoms with Gasteiger partial charge in [0.25, 0.3) is 0 Å². The molecule has 1 heterocycles. The molecule has 0 radical (unpaired) electrons. The Labute approximate surface area is 94.6 Å². The smallest absolute Gasteiger partial charge is 0.0170 e. The summed E-state index contributed by atoms with van der Waals surface area (Å²) in [7, 11) is 2.21. The van der Waals surface area contributed by atoms with Crippen molar-refractivity contribution in [3.63, 3.8) is 0 Å². The van der Waals surface area contributed by atoms with E-state index in [-0.39, 0.29) is 0 Å². The van der Waals surface area contributed by atoms with E-state index < -0.39 is 0 Å². The van der Waals surface area contributed by atoms with E-state index in [9.17, 15) is 0 Å². The van der Waals surface area contributed by atoms with Crippen LogP contribution in [0.15, 0.2) is 0 Å². The van der Waals surface area contributed by atoms with Crippen molar-refractivity contribution in [3.05, 3.63) is 0 Å². The molecule has 2 N–H and O–H groups in total. The van der Waals surface area contributed by atoms with E-state index in [0.717, 1.165) is 18.9 Å². The Bertz CT molecular complexity index is 170. The Morgan fingerprint density at radius 1 is 1.13 bits per heavy atom. The van der Waals surface area contributed by atoms with E-state index in [1.165, 1.54) is 32.6 Å². The molecule has 0 aromatic carbocycles. The van der Waals surface area contributed by atoms with Crippen LogP contribution in [0.4, 0.5) is 0 Å². The van der Waals surface area contributed by atoms with Crippen LogP contribution in [0.3, 0.4) is 0 Å². The van der Waals surface area contributed by atoms with Crippen molar-refractivity contribution in [3.8, 4) is 0 Å². The fraction of sp³-hybridized carbons (Fsp3) is 1.00. The van der Waals surface area contributed by atoms with Gasteiger partial charge in [0.05, 0.1) is 0 Å². The van der Waals surface area contributed by atoms with Crippen molar-refractivity contribution in [2.75, 3.05) is 39.8 Å². The third-order valence-corrected chi connectivity index (χ3v) is 3.08. The SMILES string of the molecule is CC(C)C[C@@H](N)CN1CCCN(C)CC1. The summed E-state index contributed by atoms with van der Waals surface area (Å²) in [6, 6.07) is 0.355. The minimum Gasteiger partial charge on any atom is -0.327 e. The van der Waals surface area contributed by atoms with Gasteiger partial charge in [0.1, 0.15) is 0 Å². The Morgan fingerprint density at radius 3 is 2.53 bits per heavy atom. The van der Waals surface area contributed by atoms with Gasteiger partial charge in [-0.05, 0) is 38.9 Å². The highest BCUT2D eigenvalue weighted by molar-refractivity contribution is 4.73. The lowest BCUT2D eigenvalue weighted by molar-refractivity contribution is 0.250. The molecule has 0 aromatic heterocycles. The highest BCUT2D eigenvalue weighted by Crippen LogP contribution is 2.06. The standard InChI is InChI=1S/C12H27N3/c1-11(2)9-12(13)10-15-6-4-5-14(3)7-8-15/h11-12H,4-10,13H2,1-3H3/t12-/m1/s1. The summed E-state index contributed by atoms with van der Waals surface area (Å²) >= 11 is 0. The lowest BCUT2D eigenvalue weighted by atomic mass is 10.0. The number of rotatable bonds is 4. The highest BCUT2D eigenvalue weighted by Gasteiger charge is 2.15. The largest absolute Gasteiger partial charge is 0.327 e. The molecule has 0 spiro atoms. The Morgan fingerprint density at radius 2 is 1.87 bits per heavy atom. The molecular formula is C12H27N3. The normalized spacial score (nSPS) is 23.0. The van der Waals surface area contributed by atoms with Gasteiger partial charge in [-0.1, -0.05) is 13.8 Å². The predicted molar refractivity (Wildman–Crippen MR) is 66.0 cm³/mol. The molecule has 3 nitrogen and oxygen atoms in total. The van der Waals surface area contributed by atoms with Gasteiger partial charge >= 0.3 is 0 Å². The van der Waals surface area contributed by atoms with Gasteiger partial charge in [-0.3, -0.25) is 0 Å². The maximum absolute atomic E-state index is 6.14. The maximum atomic E-state index is 6.14. The third-order valence-electron chi connectivity index (χ3n) is 3.08.